The zero-order valence-electron chi connectivity index (χ0n) is 9.74. The fourth-order valence-corrected chi connectivity index (χ4v) is 2.60. The third-order valence-corrected chi connectivity index (χ3v) is 3.69. The number of nitrogens with one attached hydrogen (secondary N) is 2. The molecule has 1 amide bonds. The number of hydrazine groups is 1. The number of amides is 1. The zero-order chi connectivity index (χ0) is 13.8. The van der Waals surface area contributed by atoms with Crippen LogP contribution in [0.4, 0.5) is 10.1 Å². The number of carbonyl (C=O) groups is 1. The predicted molar refractivity (Wildman–Crippen MR) is 74.7 cm³/mol. The Kier molecular flexibility index (Phi) is 4.36. The summed E-state index contributed by atoms with van der Waals surface area (Å²) in [6, 6.07) is 7.75. The maximum atomic E-state index is 13.4. The Balaban J connectivity index is 2.10. The van der Waals surface area contributed by atoms with Crippen LogP contribution >= 0.6 is 22.9 Å². The Morgan fingerprint density at radius 2 is 2.16 bits per heavy atom. The lowest BCUT2D eigenvalue weighted by Crippen LogP contribution is -2.25. The summed E-state index contributed by atoms with van der Waals surface area (Å²) in [6.07, 6.45) is 0. The summed E-state index contributed by atoms with van der Waals surface area (Å²) < 4.78 is 14.1. The van der Waals surface area contributed by atoms with Crippen LogP contribution < -0.4 is 16.6 Å². The first kappa shape index (κ1) is 13.8. The topological polar surface area (TPSA) is 67.1 Å². The number of hydrogen-bond donors (Lipinski definition) is 3. The van der Waals surface area contributed by atoms with Crippen molar-refractivity contribution in [2.24, 2.45) is 5.84 Å². The molecule has 1 aromatic carbocycles. The fourth-order valence-electron chi connectivity index (χ4n) is 1.57. The highest BCUT2D eigenvalue weighted by molar-refractivity contribution is 7.16. The fraction of sp³-hybridized carbons (Fsp3) is 0.0833. The van der Waals surface area contributed by atoms with Crippen molar-refractivity contribution < 1.29 is 9.18 Å². The Hall–Kier alpha value is -1.63. The summed E-state index contributed by atoms with van der Waals surface area (Å²) in [5.41, 5.74) is 2.33. The molecular formula is C12H11ClFN3OS. The van der Waals surface area contributed by atoms with Crippen molar-refractivity contribution in [1.82, 2.24) is 5.32 Å². The number of para-hydroxylation sites is 1. The van der Waals surface area contributed by atoms with E-state index in [2.05, 4.69) is 10.7 Å². The Morgan fingerprint density at radius 1 is 1.37 bits per heavy atom. The van der Waals surface area contributed by atoms with Crippen molar-refractivity contribution in [1.29, 1.82) is 0 Å². The minimum absolute atomic E-state index is 0.0239. The van der Waals surface area contributed by atoms with Crippen LogP contribution in [-0.4, -0.2) is 5.91 Å². The number of carbonyl (C=O) groups excluding carboxylic acids is 1. The van der Waals surface area contributed by atoms with E-state index in [0.29, 0.717) is 10.9 Å². The number of anilines is 1. The first-order valence-corrected chi connectivity index (χ1v) is 6.59. The number of benzene rings is 1. The van der Waals surface area contributed by atoms with E-state index in [1.807, 2.05) is 6.07 Å². The Labute approximate surface area is 118 Å². The molecule has 0 radical (unpaired) electrons. The van der Waals surface area contributed by atoms with Gasteiger partial charge >= 0.3 is 0 Å². The van der Waals surface area contributed by atoms with Gasteiger partial charge in [-0.2, -0.15) is 0 Å². The lowest BCUT2D eigenvalue weighted by Gasteiger charge is -2.09. The molecule has 4 nitrogen and oxygen atoms in total. The molecule has 7 heteroatoms. The molecule has 0 saturated heterocycles. The highest BCUT2D eigenvalue weighted by Crippen LogP contribution is 2.22. The molecular weight excluding hydrogens is 289 g/mol. The van der Waals surface area contributed by atoms with Gasteiger partial charge in [0.2, 0.25) is 0 Å². The average molecular weight is 300 g/mol. The third-order valence-electron chi connectivity index (χ3n) is 2.45. The SMILES string of the molecule is NNc1c(F)cccc1C(=O)NCc1ccc(Cl)s1. The van der Waals surface area contributed by atoms with Crippen LogP contribution in [0.2, 0.25) is 4.34 Å². The van der Waals surface area contributed by atoms with E-state index in [1.165, 1.54) is 29.5 Å². The van der Waals surface area contributed by atoms with E-state index in [1.54, 1.807) is 6.07 Å². The van der Waals surface area contributed by atoms with Crippen LogP contribution in [0.25, 0.3) is 0 Å². The lowest BCUT2D eigenvalue weighted by molar-refractivity contribution is 0.0951. The summed E-state index contributed by atoms with van der Waals surface area (Å²) in [4.78, 5) is 12.9. The Morgan fingerprint density at radius 3 is 2.79 bits per heavy atom. The van der Waals surface area contributed by atoms with Gasteiger partial charge in [-0.1, -0.05) is 17.7 Å². The predicted octanol–water partition coefficient (Wildman–Crippen LogP) is 2.76. The van der Waals surface area contributed by atoms with Crippen LogP contribution in [0, 0.1) is 5.82 Å². The Bertz CT molecular complexity index is 602. The van der Waals surface area contributed by atoms with Crippen molar-refractivity contribution in [3.8, 4) is 0 Å². The molecule has 1 heterocycles. The lowest BCUT2D eigenvalue weighted by atomic mass is 10.1. The number of halogens is 2. The molecule has 0 unspecified atom stereocenters. The highest BCUT2D eigenvalue weighted by Gasteiger charge is 2.14. The second-order valence-corrected chi connectivity index (χ2v) is 5.49. The molecule has 0 atom stereocenters. The van der Waals surface area contributed by atoms with Gasteiger partial charge in [0.25, 0.3) is 5.91 Å². The maximum Gasteiger partial charge on any atom is 0.253 e. The minimum Gasteiger partial charge on any atom is -0.347 e. The smallest absolute Gasteiger partial charge is 0.253 e. The molecule has 4 N–H and O–H groups in total. The van der Waals surface area contributed by atoms with E-state index < -0.39 is 11.7 Å². The number of thiophene rings is 1. The van der Waals surface area contributed by atoms with Crippen molar-refractivity contribution in [3.05, 3.63) is 50.9 Å². The molecule has 2 aromatic rings. The van der Waals surface area contributed by atoms with Crippen molar-refractivity contribution in [2.45, 2.75) is 6.54 Å². The number of nitrogen functional groups attached to an aromatic ring is 1. The summed E-state index contributed by atoms with van der Waals surface area (Å²) in [5, 5.41) is 2.68. The first-order valence-electron chi connectivity index (χ1n) is 5.39. The molecule has 100 valence electrons. The largest absolute Gasteiger partial charge is 0.347 e. The molecule has 0 aliphatic rings. The van der Waals surface area contributed by atoms with Crippen molar-refractivity contribution in [2.75, 3.05) is 5.43 Å². The number of rotatable bonds is 4. The monoisotopic (exact) mass is 299 g/mol. The van der Waals surface area contributed by atoms with Gasteiger partial charge in [0.1, 0.15) is 5.82 Å². The number of hydrogen-bond acceptors (Lipinski definition) is 4. The molecule has 0 aliphatic carbocycles. The van der Waals surface area contributed by atoms with Gasteiger partial charge in [-0.15, -0.1) is 11.3 Å². The van der Waals surface area contributed by atoms with E-state index in [-0.39, 0.29) is 11.3 Å². The second-order valence-electron chi connectivity index (χ2n) is 3.70. The van der Waals surface area contributed by atoms with Gasteiger partial charge < -0.3 is 10.7 Å². The molecule has 19 heavy (non-hydrogen) atoms. The van der Waals surface area contributed by atoms with Crippen LogP contribution in [0.5, 0.6) is 0 Å². The molecule has 1 aromatic heterocycles. The van der Waals surface area contributed by atoms with Crippen LogP contribution in [0.3, 0.4) is 0 Å². The molecule has 0 bridgehead atoms. The average Bonchev–Trinajstić information content (AvgIpc) is 2.81. The minimum atomic E-state index is -0.575. The molecule has 0 saturated carbocycles. The normalized spacial score (nSPS) is 10.3. The second kappa shape index (κ2) is 6.01. The van der Waals surface area contributed by atoms with Gasteiger partial charge in [-0.05, 0) is 24.3 Å². The van der Waals surface area contributed by atoms with E-state index in [4.69, 9.17) is 17.4 Å². The summed E-state index contributed by atoms with van der Waals surface area (Å²) in [6.45, 7) is 0.330. The first-order chi connectivity index (χ1) is 9.11. The molecule has 0 spiro atoms. The molecule has 0 aliphatic heterocycles. The van der Waals surface area contributed by atoms with Gasteiger partial charge in [-0.25, -0.2) is 4.39 Å². The molecule has 0 fully saturated rings. The zero-order valence-corrected chi connectivity index (χ0v) is 11.3. The van der Waals surface area contributed by atoms with Crippen molar-refractivity contribution in [3.63, 3.8) is 0 Å². The quantitative estimate of drug-likeness (QED) is 0.601. The molecule has 2 rings (SSSR count). The van der Waals surface area contributed by atoms with Gasteiger partial charge in [0.05, 0.1) is 22.1 Å². The third kappa shape index (κ3) is 3.23. The van der Waals surface area contributed by atoms with Crippen molar-refractivity contribution >= 4 is 34.5 Å². The van der Waals surface area contributed by atoms with Gasteiger partial charge in [0.15, 0.2) is 0 Å². The summed E-state index contributed by atoms with van der Waals surface area (Å²) in [7, 11) is 0. The van der Waals surface area contributed by atoms with E-state index in [0.717, 1.165) is 4.88 Å². The summed E-state index contributed by atoms with van der Waals surface area (Å²) >= 11 is 7.17. The highest BCUT2D eigenvalue weighted by atomic mass is 35.5. The maximum absolute atomic E-state index is 13.4. The van der Waals surface area contributed by atoms with E-state index >= 15 is 0 Å². The van der Waals surface area contributed by atoms with E-state index in [9.17, 15) is 9.18 Å². The number of nitrogens with two attached hydrogens (primary N) is 1. The van der Waals surface area contributed by atoms with Crippen LogP contribution in [0.15, 0.2) is 30.3 Å². The van der Waals surface area contributed by atoms with Crippen LogP contribution in [-0.2, 0) is 6.54 Å². The van der Waals surface area contributed by atoms with Gasteiger partial charge in [-0.3, -0.25) is 10.6 Å². The summed E-state index contributed by atoms with van der Waals surface area (Å²) in [5.74, 6) is 4.23. The van der Waals surface area contributed by atoms with Gasteiger partial charge in [0, 0.05) is 4.88 Å². The standard InChI is InChI=1S/C12H11ClFN3OS/c13-10-5-4-7(19-10)6-16-12(18)8-2-1-3-9(14)11(8)17-15/h1-5,17H,6,15H2,(H,16,18). The van der Waals surface area contributed by atoms with Crippen LogP contribution in [0.1, 0.15) is 15.2 Å².